The normalized spacial score (nSPS) is 12.4. The van der Waals surface area contributed by atoms with Crippen molar-refractivity contribution in [3.8, 4) is 0 Å². The molecule has 0 radical (unpaired) electrons. The summed E-state index contributed by atoms with van der Waals surface area (Å²) in [5, 5.41) is 17.8. The highest BCUT2D eigenvalue weighted by molar-refractivity contribution is 7.98. The number of aliphatic hydroxyl groups excluding tert-OH is 2. The Bertz CT molecular complexity index is 340. The molecule has 1 aromatic carbocycles. The van der Waals surface area contributed by atoms with Crippen molar-refractivity contribution in [3.63, 3.8) is 0 Å². The standard InChI is InChI=1S/C11H15NO2S2/c12-11(15)9-3-1-8(2-4-9)6-16-7-10(14)5-13/h1-4,10,13-14H,5-7H2,(H2,12,15). The van der Waals surface area contributed by atoms with Crippen LogP contribution in [0.1, 0.15) is 11.1 Å². The second-order valence-corrected chi connectivity index (χ2v) is 4.88. The van der Waals surface area contributed by atoms with Gasteiger partial charge in [-0.15, -0.1) is 0 Å². The molecule has 0 saturated carbocycles. The Hall–Kier alpha value is -0.620. The van der Waals surface area contributed by atoms with Crippen molar-refractivity contribution >= 4 is 29.0 Å². The lowest BCUT2D eigenvalue weighted by Gasteiger charge is -2.06. The molecule has 5 heteroatoms. The maximum atomic E-state index is 9.15. The molecule has 0 saturated heterocycles. The van der Waals surface area contributed by atoms with E-state index in [1.807, 2.05) is 24.3 Å². The smallest absolute Gasteiger partial charge is 0.103 e. The zero-order chi connectivity index (χ0) is 12.0. The van der Waals surface area contributed by atoms with Crippen LogP contribution in [0.3, 0.4) is 0 Å². The minimum atomic E-state index is -0.638. The molecular weight excluding hydrogens is 242 g/mol. The Balaban J connectivity index is 2.40. The molecule has 88 valence electrons. The molecule has 1 atom stereocenters. The summed E-state index contributed by atoms with van der Waals surface area (Å²) in [5.41, 5.74) is 7.50. The van der Waals surface area contributed by atoms with Crippen LogP contribution < -0.4 is 5.73 Å². The SMILES string of the molecule is NC(=S)c1ccc(CSCC(O)CO)cc1. The average Bonchev–Trinajstić information content (AvgIpc) is 2.29. The molecule has 0 aromatic heterocycles. The maximum Gasteiger partial charge on any atom is 0.103 e. The number of nitrogens with two attached hydrogens (primary N) is 1. The summed E-state index contributed by atoms with van der Waals surface area (Å²) in [7, 11) is 0. The van der Waals surface area contributed by atoms with Crippen molar-refractivity contribution in [1.29, 1.82) is 0 Å². The molecule has 4 N–H and O–H groups in total. The van der Waals surface area contributed by atoms with Gasteiger partial charge in [0.1, 0.15) is 4.99 Å². The van der Waals surface area contributed by atoms with Gasteiger partial charge in [0.2, 0.25) is 0 Å². The van der Waals surface area contributed by atoms with Gasteiger partial charge >= 0.3 is 0 Å². The first kappa shape index (κ1) is 13.4. The molecule has 0 aliphatic heterocycles. The first-order chi connectivity index (χ1) is 7.63. The van der Waals surface area contributed by atoms with Gasteiger partial charge in [0, 0.05) is 17.1 Å². The van der Waals surface area contributed by atoms with Gasteiger partial charge in [-0.05, 0) is 5.56 Å². The first-order valence-corrected chi connectivity index (χ1v) is 6.45. The number of hydrogen-bond acceptors (Lipinski definition) is 4. The number of benzene rings is 1. The van der Waals surface area contributed by atoms with Crippen molar-refractivity contribution in [2.75, 3.05) is 12.4 Å². The summed E-state index contributed by atoms with van der Waals surface area (Å²) >= 11 is 6.43. The predicted molar refractivity (Wildman–Crippen MR) is 71.6 cm³/mol. The predicted octanol–water partition coefficient (Wildman–Crippen LogP) is 0.907. The highest BCUT2D eigenvalue weighted by Crippen LogP contribution is 2.14. The molecule has 0 bridgehead atoms. The molecule has 3 nitrogen and oxygen atoms in total. The fourth-order valence-corrected chi connectivity index (χ4v) is 2.19. The molecule has 0 amide bonds. The van der Waals surface area contributed by atoms with Crippen molar-refractivity contribution in [3.05, 3.63) is 35.4 Å². The van der Waals surface area contributed by atoms with Crippen LogP contribution >= 0.6 is 24.0 Å². The van der Waals surface area contributed by atoms with Crippen LogP contribution in [0.15, 0.2) is 24.3 Å². The summed E-state index contributed by atoms with van der Waals surface area (Å²) in [6.45, 7) is -0.187. The number of rotatable bonds is 6. The van der Waals surface area contributed by atoms with E-state index in [0.717, 1.165) is 16.9 Å². The molecule has 0 spiro atoms. The Morgan fingerprint density at radius 3 is 2.50 bits per heavy atom. The van der Waals surface area contributed by atoms with E-state index in [4.69, 9.17) is 28.2 Å². The highest BCUT2D eigenvalue weighted by atomic mass is 32.2. The molecule has 0 aliphatic rings. The Morgan fingerprint density at radius 2 is 2.00 bits per heavy atom. The molecule has 0 heterocycles. The van der Waals surface area contributed by atoms with E-state index < -0.39 is 6.10 Å². The van der Waals surface area contributed by atoms with Gasteiger partial charge in [0.15, 0.2) is 0 Å². The second-order valence-electron chi connectivity index (χ2n) is 3.41. The third kappa shape index (κ3) is 4.49. The number of thioether (sulfide) groups is 1. The molecule has 1 rings (SSSR count). The van der Waals surface area contributed by atoms with Crippen LogP contribution in [0.4, 0.5) is 0 Å². The van der Waals surface area contributed by atoms with Gasteiger partial charge in [-0.2, -0.15) is 11.8 Å². The number of thiocarbonyl (C=S) groups is 1. The largest absolute Gasteiger partial charge is 0.394 e. The van der Waals surface area contributed by atoms with E-state index in [9.17, 15) is 0 Å². The Kier molecular flexibility index (Phi) is 5.76. The van der Waals surface area contributed by atoms with Gasteiger partial charge in [-0.25, -0.2) is 0 Å². The average molecular weight is 257 g/mol. The third-order valence-corrected chi connectivity index (χ3v) is 3.42. The molecule has 1 aromatic rings. The zero-order valence-electron chi connectivity index (χ0n) is 8.80. The molecular formula is C11H15NO2S2. The Morgan fingerprint density at radius 1 is 1.38 bits per heavy atom. The van der Waals surface area contributed by atoms with Crippen molar-refractivity contribution in [2.45, 2.75) is 11.9 Å². The van der Waals surface area contributed by atoms with Crippen LogP contribution in [0.5, 0.6) is 0 Å². The minimum Gasteiger partial charge on any atom is -0.394 e. The number of aliphatic hydroxyl groups is 2. The van der Waals surface area contributed by atoms with E-state index >= 15 is 0 Å². The van der Waals surface area contributed by atoms with Crippen molar-refractivity contribution < 1.29 is 10.2 Å². The van der Waals surface area contributed by atoms with Gasteiger partial charge in [0.05, 0.1) is 12.7 Å². The monoisotopic (exact) mass is 257 g/mol. The second kappa shape index (κ2) is 6.85. The van der Waals surface area contributed by atoms with Crippen LogP contribution in [0.25, 0.3) is 0 Å². The van der Waals surface area contributed by atoms with E-state index in [0.29, 0.717) is 10.7 Å². The van der Waals surface area contributed by atoms with Crippen LogP contribution in [-0.2, 0) is 5.75 Å². The molecule has 0 fully saturated rings. The van der Waals surface area contributed by atoms with Crippen LogP contribution in [0.2, 0.25) is 0 Å². The van der Waals surface area contributed by atoms with E-state index in [1.165, 1.54) is 0 Å². The topological polar surface area (TPSA) is 66.5 Å². The number of hydrogen-bond donors (Lipinski definition) is 3. The third-order valence-electron chi connectivity index (χ3n) is 2.03. The molecule has 0 aliphatic carbocycles. The summed E-state index contributed by atoms with van der Waals surface area (Å²) in [6, 6.07) is 7.71. The van der Waals surface area contributed by atoms with Crippen molar-refractivity contribution in [2.24, 2.45) is 5.73 Å². The lowest BCUT2D eigenvalue weighted by Crippen LogP contribution is -2.14. The zero-order valence-corrected chi connectivity index (χ0v) is 10.4. The minimum absolute atomic E-state index is 0.187. The van der Waals surface area contributed by atoms with Gasteiger partial charge < -0.3 is 15.9 Å². The van der Waals surface area contributed by atoms with E-state index in [2.05, 4.69) is 0 Å². The summed E-state index contributed by atoms with van der Waals surface area (Å²) in [5.74, 6) is 1.34. The fraction of sp³-hybridized carbons (Fsp3) is 0.364. The van der Waals surface area contributed by atoms with Gasteiger partial charge in [-0.1, -0.05) is 36.5 Å². The summed E-state index contributed by atoms with van der Waals surface area (Å²) < 4.78 is 0. The molecule has 16 heavy (non-hydrogen) atoms. The lowest BCUT2D eigenvalue weighted by molar-refractivity contribution is 0.113. The fourth-order valence-electron chi connectivity index (χ4n) is 1.13. The van der Waals surface area contributed by atoms with Crippen molar-refractivity contribution in [1.82, 2.24) is 0 Å². The van der Waals surface area contributed by atoms with E-state index in [-0.39, 0.29) is 6.61 Å². The first-order valence-electron chi connectivity index (χ1n) is 4.89. The summed E-state index contributed by atoms with van der Waals surface area (Å²) in [4.78, 5) is 0.398. The highest BCUT2D eigenvalue weighted by Gasteiger charge is 2.02. The van der Waals surface area contributed by atoms with Gasteiger partial charge in [-0.3, -0.25) is 0 Å². The van der Waals surface area contributed by atoms with Gasteiger partial charge in [0.25, 0.3) is 0 Å². The Labute approximate surface area is 105 Å². The summed E-state index contributed by atoms with van der Waals surface area (Å²) in [6.07, 6.45) is -0.638. The molecule has 1 unspecified atom stereocenters. The maximum absolute atomic E-state index is 9.15. The van der Waals surface area contributed by atoms with Crippen LogP contribution in [-0.4, -0.2) is 33.7 Å². The quantitative estimate of drug-likeness (QED) is 0.661. The lowest BCUT2D eigenvalue weighted by atomic mass is 10.1. The van der Waals surface area contributed by atoms with Crippen LogP contribution in [0, 0.1) is 0 Å². The van der Waals surface area contributed by atoms with E-state index in [1.54, 1.807) is 11.8 Å².